The van der Waals surface area contributed by atoms with Crippen LogP contribution in [0.15, 0.2) is 18.2 Å². The van der Waals surface area contributed by atoms with E-state index in [1.54, 1.807) is 18.2 Å². The fourth-order valence-electron chi connectivity index (χ4n) is 2.85. The number of esters is 1. The molecule has 1 amide bonds. The molecule has 23 heavy (non-hydrogen) atoms. The van der Waals surface area contributed by atoms with Crippen molar-refractivity contribution < 1.29 is 19.1 Å². The summed E-state index contributed by atoms with van der Waals surface area (Å²) in [6.07, 6.45) is 3.00. The summed E-state index contributed by atoms with van der Waals surface area (Å²) in [5, 5.41) is 12.1. The number of rotatable bonds is 5. The highest BCUT2D eigenvalue weighted by atomic mass is 16.5. The first kappa shape index (κ1) is 16.8. The van der Waals surface area contributed by atoms with Crippen LogP contribution >= 0.6 is 0 Å². The summed E-state index contributed by atoms with van der Waals surface area (Å²) in [4.78, 5) is 24.1. The Hall–Kier alpha value is -2.55. The number of hydrogen-bond acceptors (Lipinski definition) is 5. The Morgan fingerprint density at radius 1 is 1.30 bits per heavy atom. The molecule has 122 valence electrons. The zero-order valence-corrected chi connectivity index (χ0v) is 13.3. The Balaban J connectivity index is 2.10. The number of amides is 1. The third kappa shape index (κ3) is 3.45. The molecular formula is C17H20N2O4. The molecule has 0 heterocycles. The molecule has 2 rings (SSSR count). The minimum Gasteiger partial charge on any atom is -0.496 e. The number of ether oxygens (including phenoxy) is 2. The lowest BCUT2D eigenvalue weighted by atomic mass is 9.87. The molecule has 0 spiro atoms. The number of carbonyl (C=O) groups is 2. The van der Waals surface area contributed by atoms with Crippen molar-refractivity contribution in [2.75, 3.05) is 14.2 Å². The van der Waals surface area contributed by atoms with Crippen LogP contribution in [0, 0.1) is 16.7 Å². The second-order valence-electron chi connectivity index (χ2n) is 5.61. The second kappa shape index (κ2) is 7.14. The fourth-order valence-corrected chi connectivity index (χ4v) is 2.85. The molecule has 1 aliphatic rings. The van der Waals surface area contributed by atoms with Crippen molar-refractivity contribution in [2.24, 2.45) is 5.41 Å². The summed E-state index contributed by atoms with van der Waals surface area (Å²) < 4.78 is 9.86. The Morgan fingerprint density at radius 2 is 2.00 bits per heavy atom. The highest BCUT2D eigenvalue weighted by molar-refractivity contribution is 5.92. The summed E-state index contributed by atoms with van der Waals surface area (Å²) in [6, 6.07) is 7.21. The molecule has 1 N–H and O–H groups in total. The standard InChI is InChI=1S/C17H20N2O4/c1-22-14-6-5-12(9-13(14)15(20)23-2)10-19-16(21)17(11-18)7-3-4-8-17/h5-6,9H,3-4,7-8,10H2,1-2H3,(H,19,21). The van der Waals surface area contributed by atoms with Crippen molar-refractivity contribution in [2.45, 2.75) is 32.2 Å². The molecule has 0 aliphatic heterocycles. The molecule has 1 fully saturated rings. The van der Waals surface area contributed by atoms with Crippen LogP contribution in [0.1, 0.15) is 41.6 Å². The van der Waals surface area contributed by atoms with Gasteiger partial charge in [-0.05, 0) is 30.5 Å². The average Bonchev–Trinajstić information content (AvgIpc) is 3.09. The van der Waals surface area contributed by atoms with Crippen molar-refractivity contribution >= 4 is 11.9 Å². The van der Waals surface area contributed by atoms with E-state index < -0.39 is 11.4 Å². The molecule has 1 aliphatic carbocycles. The van der Waals surface area contributed by atoms with Crippen LogP contribution in [0.2, 0.25) is 0 Å². The van der Waals surface area contributed by atoms with E-state index in [0.717, 1.165) is 18.4 Å². The van der Waals surface area contributed by atoms with Crippen LogP contribution in [0.5, 0.6) is 5.75 Å². The molecule has 6 heteroatoms. The van der Waals surface area contributed by atoms with E-state index in [2.05, 4.69) is 11.4 Å². The lowest BCUT2D eigenvalue weighted by molar-refractivity contribution is -0.128. The van der Waals surface area contributed by atoms with Crippen molar-refractivity contribution in [3.05, 3.63) is 29.3 Å². The predicted octanol–water partition coefficient (Wildman–Crippen LogP) is 2.18. The molecule has 0 bridgehead atoms. The molecule has 1 aromatic rings. The zero-order valence-electron chi connectivity index (χ0n) is 13.3. The van der Waals surface area contributed by atoms with E-state index in [1.165, 1.54) is 14.2 Å². The zero-order chi connectivity index (χ0) is 16.9. The highest BCUT2D eigenvalue weighted by Crippen LogP contribution is 2.37. The van der Waals surface area contributed by atoms with Gasteiger partial charge < -0.3 is 14.8 Å². The van der Waals surface area contributed by atoms with Gasteiger partial charge in [0.15, 0.2) is 0 Å². The molecule has 0 radical (unpaired) electrons. The van der Waals surface area contributed by atoms with Gasteiger partial charge in [-0.3, -0.25) is 4.79 Å². The third-order valence-electron chi connectivity index (χ3n) is 4.23. The van der Waals surface area contributed by atoms with Gasteiger partial charge in [0.2, 0.25) is 5.91 Å². The normalized spacial score (nSPS) is 15.5. The Kier molecular flexibility index (Phi) is 5.22. The predicted molar refractivity (Wildman–Crippen MR) is 82.7 cm³/mol. The monoisotopic (exact) mass is 316 g/mol. The molecular weight excluding hydrogens is 296 g/mol. The molecule has 0 unspecified atom stereocenters. The summed E-state index contributed by atoms with van der Waals surface area (Å²) in [5.74, 6) is -0.330. The minimum absolute atomic E-state index is 0.243. The van der Waals surface area contributed by atoms with Crippen LogP contribution in [0.25, 0.3) is 0 Å². The SMILES string of the molecule is COC(=O)c1cc(CNC(=O)C2(C#N)CCCC2)ccc1OC. The Morgan fingerprint density at radius 3 is 2.57 bits per heavy atom. The van der Waals surface area contributed by atoms with Crippen LogP contribution in [-0.2, 0) is 16.1 Å². The molecule has 1 saturated carbocycles. The quantitative estimate of drug-likeness (QED) is 0.841. The first-order valence-electron chi connectivity index (χ1n) is 7.51. The maximum Gasteiger partial charge on any atom is 0.341 e. The van der Waals surface area contributed by atoms with E-state index in [4.69, 9.17) is 9.47 Å². The number of methoxy groups -OCH3 is 2. The van der Waals surface area contributed by atoms with Crippen molar-refractivity contribution in [1.82, 2.24) is 5.32 Å². The first-order valence-corrected chi connectivity index (χ1v) is 7.51. The Labute approximate surface area is 135 Å². The fraction of sp³-hybridized carbons (Fsp3) is 0.471. The second-order valence-corrected chi connectivity index (χ2v) is 5.61. The molecule has 6 nitrogen and oxygen atoms in total. The van der Waals surface area contributed by atoms with Gasteiger partial charge in [-0.15, -0.1) is 0 Å². The first-order chi connectivity index (χ1) is 11.1. The van der Waals surface area contributed by atoms with Crippen LogP contribution in [-0.4, -0.2) is 26.1 Å². The van der Waals surface area contributed by atoms with Crippen LogP contribution in [0.3, 0.4) is 0 Å². The van der Waals surface area contributed by atoms with Gasteiger partial charge in [0.05, 0.1) is 20.3 Å². The summed E-state index contributed by atoms with van der Waals surface area (Å²) in [6.45, 7) is 0.246. The average molecular weight is 316 g/mol. The highest BCUT2D eigenvalue weighted by Gasteiger charge is 2.41. The molecule has 0 atom stereocenters. The van der Waals surface area contributed by atoms with Crippen molar-refractivity contribution in [1.29, 1.82) is 5.26 Å². The van der Waals surface area contributed by atoms with E-state index >= 15 is 0 Å². The smallest absolute Gasteiger partial charge is 0.341 e. The summed E-state index contributed by atoms with van der Waals surface area (Å²) in [5.41, 5.74) is 0.140. The number of nitrogens with zero attached hydrogens (tertiary/aromatic N) is 1. The van der Waals surface area contributed by atoms with Gasteiger partial charge in [0, 0.05) is 6.54 Å². The minimum atomic E-state index is -0.905. The number of nitriles is 1. The lowest BCUT2D eigenvalue weighted by Gasteiger charge is -2.19. The van der Waals surface area contributed by atoms with Gasteiger partial charge in [-0.2, -0.15) is 5.26 Å². The number of nitrogens with one attached hydrogen (secondary N) is 1. The van der Waals surface area contributed by atoms with Crippen LogP contribution in [0.4, 0.5) is 0 Å². The molecule has 0 aromatic heterocycles. The largest absolute Gasteiger partial charge is 0.496 e. The van der Waals surface area contributed by atoms with Crippen molar-refractivity contribution in [3.8, 4) is 11.8 Å². The van der Waals surface area contributed by atoms with E-state index in [9.17, 15) is 14.9 Å². The van der Waals surface area contributed by atoms with Gasteiger partial charge in [-0.25, -0.2) is 4.79 Å². The van der Waals surface area contributed by atoms with E-state index in [0.29, 0.717) is 24.2 Å². The maximum atomic E-state index is 12.3. The maximum absolute atomic E-state index is 12.3. The van der Waals surface area contributed by atoms with Gasteiger partial charge in [0.1, 0.15) is 16.7 Å². The number of carbonyl (C=O) groups excluding carboxylic acids is 2. The van der Waals surface area contributed by atoms with Gasteiger partial charge in [-0.1, -0.05) is 18.9 Å². The van der Waals surface area contributed by atoms with Gasteiger partial charge in [0.25, 0.3) is 0 Å². The molecule has 1 aromatic carbocycles. The van der Waals surface area contributed by atoms with E-state index in [1.807, 2.05) is 0 Å². The van der Waals surface area contributed by atoms with E-state index in [-0.39, 0.29) is 12.5 Å². The van der Waals surface area contributed by atoms with Crippen molar-refractivity contribution in [3.63, 3.8) is 0 Å². The summed E-state index contributed by atoms with van der Waals surface area (Å²) in [7, 11) is 2.77. The third-order valence-corrected chi connectivity index (χ3v) is 4.23. The van der Waals surface area contributed by atoms with Crippen LogP contribution < -0.4 is 10.1 Å². The lowest BCUT2D eigenvalue weighted by Crippen LogP contribution is -2.37. The topological polar surface area (TPSA) is 88.4 Å². The number of hydrogen-bond donors (Lipinski definition) is 1. The Bertz CT molecular complexity index is 642. The number of benzene rings is 1. The summed E-state index contributed by atoms with van der Waals surface area (Å²) >= 11 is 0. The van der Waals surface area contributed by atoms with Gasteiger partial charge >= 0.3 is 5.97 Å². The molecule has 0 saturated heterocycles.